The molecule has 0 fully saturated rings. The van der Waals surface area contributed by atoms with Crippen LogP contribution in [0.25, 0.3) is 22.3 Å². The van der Waals surface area contributed by atoms with E-state index in [9.17, 15) is 0 Å². The van der Waals surface area contributed by atoms with Crippen molar-refractivity contribution in [2.24, 2.45) is 0 Å². The van der Waals surface area contributed by atoms with E-state index < -0.39 is 0 Å². The number of thiocarbonyl (C=S) groups is 1. The minimum atomic E-state index is 0.315. The number of benzene rings is 2. The second-order valence-corrected chi connectivity index (χ2v) is 5.89. The monoisotopic (exact) mass is 310 g/mol. The van der Waals surface area contributed by atoms with E-state index in [1.165, 1.54) is 0 Å². The molecule has 0 aliphatic rings. The second-order valence-electron chi connectivity index (χ2n) is 5.48. The Morgan fingerprint density at radius 2 is 1.77 bits per heavy atom. The highest BCUT2D eigenvalue weighted by molar-refractivity contribution is 7.80. The van der Waals surface area contributed by atoms with Crippen LogP contribution in [-0.4, -0.2) is 11.2 Å². The molecule has 1 aromatic heterocycles. The van der Waals surface area contributed by atoms with Crippen molar-refractivity contribution in [1.29, 1.82) is 0 Å². The highest BCUT2D eigenvalue weighted by Crippen LogP contribution is 2.28. The van der Waals surface area contributed by atoms with Crippen LogP contribution in [0.4, 0.5) is 5.69 Å². The maximum absolute atomic E-state index is 5.87. The van der Waals surface area contributed by atoms with E-state index in [-0.39, 0.29) is 0 Å². The maximum Gasteiger partial charge on any atom is 0.170 e. The quantitative estimate of drug-likeness (QED) is 0.682. The summed E-state index contributed by atoms with van der Waals surface area (Å²) in [5.41, 5.74) is 2.91. The Bertz CT molecular complexity index is 757. The molecule has 0 saturated carbocycles. The van der Waals surface area contributed by atoms with Crippen LogP contribution in [0.3, 0.4) is 0 Å². The summed E-state index contributed by atoms with van der Waals surface area (Å²) >= 11 is 5.24. The molecule has 0 aliphatic heterocycles. The fraction of sp³-hybridized carbons (Fsp3) is 0.167. The average Bonchev–Trinajstić information content (AvgIpc) is 2.91. The van der Waals surface area contributed by atoms with Gasteiger partial charge < -0.3 is 15.1 Å². The Hall–Kier alpha value is -2.33. The Kier molecular flexibility index (Phi) is 4.11. The third kappa shape index (κ3) is 3.28. The van der Waals surface area contributed by atoms with Crippen molar-refractivity contribution in [2.45, 2.75) is 19.9 Å². The van der Waals surface area contributed by atoms with Gasteiger partial charge in [-0.05, 0) is 62.5 Å². The zero-order chi connectivity index (χ0) is 15.5. The van der Waals surface area contributed by atoms with Crippen molar-refractivity contribution in [1.82, 2.24) is 5.32 Å². The second kappa shape index (κ2) is 6.20. The first kappa shape index (κ1) is 14.6. The molecule has 0 unspecified atom stereocenters. The Morgan fingerprint density at radius 1 is 1.05 bits per heavy atom. The number of para-hydroxylation sites is 1. The SMILES string of the molecule is CC(C)NC(=S)Nc1ccc(-c2cc3ccccc3o2)cc1. The van der Waals surface area contributed by atoms with Crippen molar-refractivity contribution in [3.05, 3.63) is 54.6 Å². The van der Waals surface area contributed by atoms with Crippen LogP contribution in [0.5, 0.6) is 0 Å². The van der Waals surface area contributed by atoms with Crippen molar-refractivity contribution >= 4 is 34.0 Å². The summed E-state index contributed by atoms with van der Waals surface area (Å²) in [6, 6.07) is 18.4. The summed E-state index contributed by atoms with van der Waals surface area (Å²) in [5.74, 6) is 0.871. The lowest BCUT2D eigenvalue weighted by molar-refractivity contribution is 0.631. The molecule has 2 aromatic carbocycles. The molecular formula is C18H18N2OS. The minimum Gasteiger partial charge on any atom is -0.456 e. The van der Waals surface area contributed by atoms with Gasteiger partial charge in [0.15, 0.2) is 5.11 Å². The molecule has 4 heteroatoms. The lowest BCUT2D eigenvalue weighted by Crippen LogP contribution is -2.33. The van der Waals surface area contributed by atoms with E-state index in [4.69, 9.17) is 16.6 Å². The fourth-order valence-corrected chi connectivity index (χ4v) is 2.62. The largest absolute Gasteiger partial charge is 0.456 e. The molecule has 2 N–H and O–H groups in total. The van der Waals surface area contributed by atoms with Crippen LogP contribution in [0.15, 0.2) is 59.0 Å². The van der Waals surface area contributed by atoms with Gasteiger partial charge in [0.2, 0.25) is 0 Å². The third-order valence-corrected chi connectivity index (χ3v) is 3.49. The molecule has 0 aliphatic carbocycles. The van der Waals surface area contributed by atoms with E-state index in [2.05, 4.69) is 30.5 Å². The highest BCUT2D eigenvalue weighted by Gasteiger charge is 2.06. The van der Waals surface area contributed by atoms with E-state index in [0.29, 0.717) is 11.2 Å². The lowest BCUT2D eigenvalue weighted by atomic mass is 10.1. The van der Waals surface area contributed by atoms with Gasteiger partial charge in [-0.1, -0.05) is 18.2 Å². The van der Waals surface area contributed by atoms with E-state index in [1.54, 1.807) is 0 Å². The van der Waals surface area contributed by atoms with Crippen LogP contribution in [0.2, 0.25) is 0 Å². The van der Waals surface area contributed by atoms with Gasteiger partial charge in [-0.2, -0.15) is 0 Å². The molecule has 0 bridgehead atoms. The molecule has 0 saturated heterocycles. The molecule has 0 atom stereocenters. The van der Waals surface area contributed by atoms with Gasteiger partial charge in [0.1, 0.15) is 11.3 Å². The van der Waals surface area contributed by atoms with Crippen LogP contribution >= 0.6 is 12.2 Å². The molecule has 0 amide bonds. The van der Waals surface area contributed by atoms with Gasteiger partial charge in [0.05, 0.1) is 0 Å². The first-order chi connectivity index (χ1) is 10.6. The van der Waals surface area contributed by atoms with Gasteiger partial charge >= 0.3 is 0 Å². The number of hydrogen-bond acceptors (Lipinski definition) is 2. The lowest BCUT2D eigenvalue weighted by Gasteiger charge is -2.13. The van der Waals surface area contributed by atoms with Crippen molar-refractivity contribution in [3.8, 4) is 11.3 Å². The zero-order valence-corrected chi connectivity index (χ0v) is 13.4. The number of furan rings is 1. The summed E-state index contributed by atoms with van der Waals surface area (Å²) in [7, 11) is 0. The number of hydrogen-bond donors (Lipinski definition) is 2. The maximum atomic E-state index is 5.87. The molecule has 22 heavy (non-hydrogen) atoms. The Morgan fingerprint density at radius 3 is 2.45 bits per heavy atom. The predicted molar refractivity (Wildman–Crippen MR) is 96.1 cm³/mol. The van der Waals surface area contributed by atoms with Gasteiger partial charge in [0, 0.05) is 22.7 Å². The van der Waals surface area contributed by atoms with Gasteiger partial charge in [0.25, 0.3) is 0 Å². The summed E-state index contributed by atoms with van der Waals surface area (Å²) in [6.45, 7) is 4.11. The van der Waals surface area contributed by atoms with Crippen LogP contribution in [0.1, 0.15) is 13.8 Å². The number of anilines is 1. The zero-order valence-electron chi connectivity index (χ0n) is 12.6. The first-order valence-electron chi connectivity index (χ1n) is 7.28. The summed E-state index contributed by atoms with van der Waals surface area (Å²) < 4.78 is 5.87. The standard InChI is InChI=1S/C18H18N2OS/c1-12(2)19-18(22)20-15-9-7-13(8-10-15)17-11-14-5-3-4-6-16(14)21-17/h3-12H,1-2H3,(H2,19,20,22). The van der Waals surface area contributed by atoms with Gasteiger partial charge in [-0.25, -0.2) is 0 Å². The topological polar surface area (TPSA) is 37.2 Å². The van der Waals surface area contributed by atoms with Crippen LogP contribution in [0, 0.1) is 0 Å². The van der Waals surface area contributed by atoms with Crippen molar-refractivity contribution in [3.63, 3.8) is 0 Å². The van der Waals surface area contributed by atoms with E-state index in [0.717, 1.165) is 28.0 Å². The number of fused-ring (bicyclic) bond motifs is 1. The minimum absolute atomic E-state index is 0.315. The van der Waals surface area contributed by atoms with Crippen LogP contribution < -0.4 is 10.6 Å². The van der Waals surface area contributed by atoms with Crippen molar-refractivity contribution < 1.29 is 4.42 Å². The summed E-state index contributed by atoms with van der Waals surface area (Å²) in [5, 5.41) is 8.07. The van der Waals surface area contributed by atoms with Crippen molar-refractivity contribution in [2.75, 3.05) is 5.32 Å². The van der Waals surface area contributed by atoms with Gasteiger partial charge in [-0.15, -0.1) is 0 Å². The summed E-state index contributed by atoms with van der Waals surface area (Å²) in [4.78, 5) is 0. The molecule has 3 nitrogen and oxygen atoms in total. The predicted octanol–water partition coefficient (Wildman–Crippen LogP) is 4.79. The molecule has 0 radical (unpaired) electrons. The average molecular weight is 310 g/mol. The molecule has 0 spiro atoms. The molecule has 112 valence electrons. The smallest absolute Gasteiger partial charge is 0.170 e. The molecular weight excluding hydrogens is 292 g/mol. The number of nitrogens with one attached hydrogen (secondary N) is 2. The van der Waals surface area contributed by atoms with Gasteiger partial charge in [-0.3, -0.25) is 0 Å². The normalized spacial score (nSPS) is 10.9. The molecule has 1 heterocycles. The fourth-order valence-electron chi connectivity index (χ4n) is 2.27. The van der Waals surface area contributed by atoms with E-state index >= 15 is 0 Å². The molecule has 3 rings (SSSR count). The Labute approximate surface area is 135 Å². The van der Waals surface area contributed by atoms with E-state index in [1.807, 2.05) is 48.5 Å². The highest BCUT2D eigenvalue weighted by atomic mass is 32.1. The molecule has 3 aromatic rings. The third-order valence-electron chi connectivity index (χ3n) is 3.27. The number of rotatable bonds is 3. The van der Waals surface area contributed by atoms with Crippen LogP contribution in [-0.2, 0) is 0 Å². The Balaban J connectivity index is 1.77. The first-order valence-corrected chi connectivity index (χ1v) is 7.69. The summed E-state index contributed by atoms with van der Waals surface area (Å²) in [6.07, 6.45) is 0.